The van der Waals surface area contributed by atoms with E-state index in [2.05, 4.69) is 15.7 Å². The summed E-state index contributed by atoms with van der Waals surface area (Å²) < 4.78 is 3.55. The van der Waals surface area contributed by atoms with E-state index in [0.717, 1.165) is 25.2 Å². The van der Waals surface area contributed by atoms with Crippen molar-refractivity contribution in [2.24, 2.45) is 5.92 Å². The number of rotatable bonds is 5. The lowest BCUT2D eigenvalue weighted by Gasteiger charge is -2.43. The second-order valence-electron chi connectivity index (χ2n) is 7.05. The molecule has 0 saturated carbocycles. The molecule has 1 amide bonds. The molecular formula is C18H22ClN5O2. The first-order chi connectivity index (χ1) is 12.6. The third-order valence-corrected chi connectivity index (χ3v) is 5.57. The zero-order chi connectivity index (χ0) is 18.1. The van der Waals surface area contributed by atoms with Gasteiger partial charge in [-0.2, -0.15) is 5.10 Å². The van der Waals surface area contributed by atoms with Crippen LogP contribution in [-0.2, 0) is 11.3 Å². The van der Waals surface area contributed by atoms with Crippen molar-refractivity contribution in [2.75, 3.05) is 19.6 Å². The maximum atomic E-state index is 12.5. The molecule has 0 spiro atoms. The number of fused-ring (bicyclic) bond motifs is 4. The predicted molar refractivity (Wildman–Crippen MR) is 98.3 cm³/mol. The molecule has 0 aromatic carbocycles. The second kappa shape index (κ2) is 7.25. The number of amides is 1. The number of nitrogens with one attached hydrogen (secondary N) is 2. The van der Waals surface area contributed by atoms with E-state index in [1.807, 2.05) is 16.7 Å². The summed E-state index contributed by atoms with van der Waals surface area (Å²) in [5.41, 5.74) is 1.09. The van der Waals surface area contributed by atoms with Crippen LogP contribution in [0.5, 0.6) is 0 Å². The van der Waals surface area contributed by atoms with E-state index in [4.69, 9.17) is 11.6 Å². The minimum atomic E-state index is -0.0481. The molecule has 2 aromatic rings. The van der Waals surface area contributed by atoms with Gasteiger partial charge in [-0.05, 0) is 18.4 Å². The van der Waals surface area contributed by atoms with E-state index in [1.165, 1.54) is 0 Å². The van der Waals surface area contributed by atoms with E-state index < -0.39 is 0 Å². The lowest BCUT2D eigenvalue weighted by Crippen LogP contribution is -2.50. The molecule has 1 saturated heterocycles. The summed E-state index contributed by atoms with van der Waals surface area (Å²) in [5, 5.41) is 11.1. The van der Waals surface area contributed by atoms with Gasteiger partial charge in [-0.25, -0.2) is 0 Å². The number of aromatic nitrogens is 3. The van der Waals surface area contributed by atoms with Gasteiger partial charge in [-0.3, -0.25) is 14.3 Å². The SMILES string of the molecule is O=C(CCn1cc(Cl)cn1)NC[C@H]1[C@@H]2CNC[C@@H](C2)c2cccc(=O)n21. The van der Waals surface area contributed by atoms with Crippen LogP contribution in [0.2, 0.25) is 5.02 Å². The number of nitrogens with zero attached hydrogens (tertiary/aromatic N) is 3. The van der Waals surface area contributed by atoms with Crippen LogP contribution in [0.25, 0.3) is 0 Å². The van der Waals surface area contributed by atoms with E-state index in [1.54, 1.807) is 23.1 Å². The van der Waals surface area contributed by atoms with Gasteiger partial charge < -0.3 is 15.2 Å². The number of hydrogen-bond donors (Lipinski definition) is 2. The molecule has 2 aliphatic heterocycles. The molecule has 0 unspecified atom stereocenters. The largest absolute Gasteiger partial charge is 0.354 e. The molecule has 1 fully saturated rings. The molecule has 2 bridgehead atoms. The molecule has 8 heteroatoms. The smallest absolute Gasteiger partial charge is 0.251 e. The molecule has 26 heavy (non-hydrogen) atoms. The lowest BCUT2D eigenvalue weighted by atomic mass is 9.79. The van der Waals surface area contributed by atoms with Crippen LogP contribution in [0.4, 0.5) is 0 Å². The van der Waals surface area contributed by atoms with Crippen LogP contribution >= 0.6 is 11.6 Å². The predicted octanol–water partition coefficient (Wildman–Crippen LogP) is 1.15. The molecule has 7 nitrogen and oxygen atoms in total. The Morgan fingerprint density at radius 2 is 2.27 bits per heavy atom. The van der Waals surface area contributed by atoms with Gasteiger partial charge in [-0.1, -0.05) is 17.7 Å². The lowest BCUT2D eigenvalue weighted by molar-refractivity contribution is -0.121. The minimum absolute atomic E-state index is 0.00847. The summed E-state index contributed by atoms with van der Waals surface area (Å²) in [7, 11) is 0. The number of halogens is 1. The fourth-order valence-electron chi connectivity index (χ4n) is 4.15. The Kier molecular flexibility index (Phi) is 4.82. The van der Waals surface area contributed by atoms with Crippen molar-refractivity contribution in [2.45, 2.75) is 31.3 Å². The van der Waals surface area contributed by atoms with Crippen molar-refractivity contribution in [1.82, 2.24) is 25.0 Å². The number of hydrogen-bond acceptors (Lipinski definition) is 4. The average molecular weight is 376 g/mol. The first kappa shape index (κ1) is 17.3. The first-order valence-electron chi connectivity index (χ1n) is 8.98. The van der Waals surface area contributed by atoms with E-state index in [-0.39, 0.29) is 17.5 Å². The summed E-state index contributed by atoms with van der Waals surface area (Å²) in [6, 6.07) is 5.46. The number of pyridine rings is 1. The highest BCUT2D eigenvalue weighted by Crippen LogP contribution is 2.37. The number of carbonyl (C=O) groups is 1. The van der Waals surface area contributed by atoms with Crippen molar-refractivity contribution in [3.05, 3.63) is 51.7 Å². The highest BCUT2D eigenvalue weighted by Gasteiger charge is 2.37. The average Bonchev–Trinajstić information content (AvgIpc) is 3.06. The molecule has 4 heterocycles. The molecule has 2 aliphatic rings. The van der Waals surface area contributed by atoms with Crippen LogP contribution in [0.3, 0.4) is 0 Å². The Hall–Kier alpha value is -2.12. The molecule has 0 aliphatic carbocycles. The normalized spacial score (nSPS) is 24.1. The minimum Gasteiger partial charge on any atom is -0.354 e. The van der Waals surface area contributed by atoms with Gasteiger partial charge >= 0.3 is 0 Å². The number of carbonyl (C=O) groups excluding carboxylic acids is 1. The maximum absolute atomic E-state index is 12.5. The van der Waals surface area contributed by atoms with Crippen LogP contribution in [0.15, 0.2) is 35.4 Å². The van der Waals surface area contributed by atoms with Gasteiger partial charge in [-0.15, -0.1) is 0 Å². The molecular weight excluding hydrogens is 354 g/mol. The Morgan fingerprint density at radius 1 is 1.38 bits per heavy atom. The van der Waals surface area contributed by atoms with Crippen molar-refractivity contribution < 1.29 is 4.79 Å². The topological polar surface area (TPSA) is 81.0 Å². The quantitative estimate of drug-likeness (QED) is 0.821. The second-order valence-corrected chi connectivity index (χ2v) is 7.49. The van der Waals surface area contributed by atoms with Crippen molar-refractivity contribution >= 4 is 17.5 Å². The van der Waals surface area contributed by atoms with Crippen molar-refractivity contribution in [3.8, 4) is 0 Å². The number of aryl methyl sites for hydroxylation is 1. The Labute approximate surface area is 156 Å². The summed E-state index contributed by atoms with van der Waals surface area (Å²) >= 11 is 5.83. The summed E-state index contributed by atoms with van der Waals surface area (Å²) in [5.74, 6) is 0.679. The zero-order valence-corrected chi connectivity index (χ0v) is 15.2. The fourth-order valence-corrected chi connectivity index (χ4v) is 4.31. The van der Waals surface area contributed by atoms with E-state index in [9.17, 15) is 9.59 Å². The highest BCUT2D eigenvalue weighted by molar-refractivity contribution is 6.30. The Bertz CT molecular complexity index is 861. The van der Waals surface area contributed by atoms with Crippen molar-refractivity contribution in [1.29, 1.82) is 0 Å². The van der Waals surface area contributed by atoms with Gasteiger partial charge in [0.05, 0.1) is 17.3 Å². The Morgan fingerprint density at radius 3 is 3.08 bits per heavy atom. The summed E-state index contributed by atoms with van der Waals surface area (Å²) in [6.07, 6.45) is 4.63. The van der Waals surface area contributed by atoms with E-state index in [0.29, 0.717) is 36.4 Å². The molecule has 2 aromatic heterocycles. The van der Waals surface area contributed by atoms with Crippen LogP contribution in [0, 0.1) is 5.92 Å². The standard InChI is InChI=1S/C18H22ClN5O2/c19-14-9-22-23(11-14)5-4-17(25)21-10-16-13-6-12(7-20-8-13)15-2-1-3-18(26)24(15)16/h1-3,9,11-13,16,20H,4-8,10H2,(H,21,25)/t12-,13+,16+/m1/s1. The van der Waals surface area contributed by atoms with Gasteiger partial charge in [0.25, 0.3) is 5.56 Å². The molecule has 3 atom stereocenters. The van der Waals surface area contributed by atoms with Gasteiger partial charge in [0, 0.05) is 56.5 Å². The third-order valence-electron chi connectivity index (χ3n) is 5.38. The highest BCUT2D eigenvalue weighted by atomic mass is 35.5. The van der Waals surface area contributed by atoms with E-state index >= 15 is 0 Å². The Balaban J connectivity index is 1.43. The molecule has 138 valence electrons. The fraction of sp³-hybridized carbons (Fsp3) is 0.500. The summed E-state index contributed by atoms with van der Waals surface area (Å²) in [6.45, 7) is 2.73. The van der Waals surface area contributed by atoms with Crippen LogP contribution in [-0.4, -0.2) is 39.9 Å². The molecule has 4 rings (SSSR count). The van der Waals surface area contributed by atoms with Crippen LogP contribution < -0.4 is 16.2 Å². The molecule has 2 N–H and O–H groups in total. The third kappa shape index (κ3) is 3.41. The van der Waals surface area contributed by atoms with Gasteiger partial charge in [0.2, 0.25) is 5.91 Å². The van der Waals surface area contributed by atoms with Gasteiger partial charge in [0.15, 0.2) is 0 Å². The maximum Gasteiger partial charge on any atom is 0.251 e. The number of piperidine rings is 1. The van der Waals surface area contributed by atoms with Crippen molar-refractivity contribution in [3.63, 3.8) is 0 Å². The van der Waals surface area contributed by atoms with Gasteiger partial charge in [0.1, 0.15) is 0 Å². The first-order valence-corrected chi connectivity index (χ1v) is 9.36. The van der Waals surface area contributed by atoms with Crippen LogP contribution in [0.1, 0.15) is 30.5 Å². The zero-order valence-electron chi connectivity index (χ0n) is 14.4. The monoisotopic (exact) mass is 375 g/mol. The summed E-state index contributed by atoms with van der Waals surface area (Å²) in [4.78, 5) is 24.7. The molecule has 0 radical (unpaired) electrons.